The Labute approximate surface area is 105 Å². The Kier molecular flexibility index (Phi) is 5.25. The molecule has 0 aliphatic heterocycles. The van der Waals surface area contributed by atoms with Crippen LogP contribution in [-0.2, 0) is 0 Å². The van der Waals surface area contributed by atoms with Gasteiger partial charge in [0.25, 0.3) is 0 Å². The zero-order valence-corrected chi connectivity index (χ0v) is 11.6. The summed E-state index contributed by atoms with van der Waals surface area (Å²) in [5, 5.41) is 9.47. The first-order valence-electron chi connectivity index (χ1n) is 6.73. The third kappa shape index (κ3) is 5.91. The Balaban J connectivity index is 2.24. The summed E-state index contributed by atoms with van der Waals surface area (Å²) < 4.78 is 0. The lowest BCUT2D eigenvalue weighted by atomic mass is 9.91. The number of hydrogen-bond acceptors (Lipinski definition) is 2. The summed E-state index contributed by atoms with van der Waals surface area (Å²) in [6.07, 6.45) is 4.48. The van der Waals surface area contributed by atoms with Crippen molar-refractivity contribution in [2.45, 2.75) is 71.0 Å². The van der Waals surface area contributed by atoms with E-state index < -0.39 is 0 Å². The van der Waals surface area contributed by atoms with E-state index in [1.54, 1.807) is 0 Å². The molecular formula is C13H27N3O. The van der Waals surface area contributed by atoms with Crippen LogP contribution in [0.3, 0.4) is 0 Å². The van der Waals surface area contributed by atoms with Crippen LogP contribution in [0.5, 0.6) is 0 Å². The van der Waals surface area contributed by atoms with Crippen LogP contribution in [0, 0.1) is 0 Å². The topological polar surface area (TPSA) is 53.2 Å². The second-order valence-corrected chi connectivity index (χ2v) is 5.95. The highest BCUT2D eigenvalue weighted by Crippen LogP contribution is 2.18. The molecule has 3 N–H and O–H groups in total. The summed E-state index contributed by atoms with van der Waals surface area (Å²) in [5.74, 6) is 0. The molecule has 4 heteroatoms. The smallest absolute Gasteiger partial charge is 0.315 e. The molecule has 17 heavy (non-hydrogen) atoms. The minimum Gasteiger partial charge on any atom is -0.335 e. The van der Waals surface area contributed by atoms with E-state index in [1.165, 1.54) is 0 Å². The minimum atomic E-state index is -0.162. The predicted molar refractivity (Wildman–Crippen MR) is 71.1 cm³/mol. The van der Waals surface area contributed by atoms with Crippen LogP contribution in [0.4, 0.5) is 4.79 Å². The second-order valence-electron chi connectivity index (χ2n) is 5.95. The van der Waals surface area contributed by atoms with Crippen molar-refractivity contribution in [3.8, 4) is 0 Å². The molecule has 0 bridgehead atoms. The first-order valence-corrected chi connectivity index (χ1v) is 6.73. The van der Waals surface area contributed by atoms with E-state index in [9.17, 15) is 4.79 Å². The average Bonchev–Trinajstić information content (AvgIpc) is 2.18. The van der Waals surface area contributed by atoms with E-state index in [2.05, 4.69) is 22.9 Å². The summed E-state index contributed by atoms with van der Waals surface area (Å²) in [6, 6.07) is 0.945. The highest BCUT2D eigenvalue weighted by molar-refractivity contribution is 5.74. The molecule has 0 heterocycles. The Hall–Kier alpha value is -0.770. The Morgan fingerprint density at radius 3 is 2.12 bits per heavy atom. The van der Waals surface area contributed by atoms with Crippen molar-refractivity contribution in [2.75, 3.05) is 6.54 Å². The molecule has 0 atom stereocenters. The van der Waals surface area contributed by atoms with Crippen molar-refractivity contribution in [3.63, 3.8) is 0 Å². The Morgan fingerprint density at radius 1 is 1.12 bits per heavy atom. The van der Waals surface area contributed by atoms with Gasteiger partial charge in [0.2, 0.25) is 0 Å². The zero-order valence-electron chi connectivity index (χ0n) is 11.6. The number of nitrogens with one attached hydrogen (secondary N) is 3. The van der Waals surface area contributed by atoms with Crippen LogP contribution in [0.25, 0.3) is 0 Å². The number of carbonyl (C=O) groups excluding carboxylic acids is 1. The standard InChI is InChI=1S/C13H27N3O/c1-5-14-10-6-8-11(9-7-10)15-12(17)16-13(2,3)4/h10-11,14H,5-9H2,1-4H3,(H2,15,16,17). The molecule has 0 radical (unpaired) electrons. The van der Waals surface area contributed by atoms with Crippen LogP contribution < -0.4 is 16.0 Å². The fourth-order valence-electron chi connectivity index (χ4n) is 2.29. The number of rotatable bonds is 3. The van der Waals surface area contributed by atoms with Gasteiger partial charge in [0.15, 0.2) is 0 Å². The largest absolute Gasteiger partial charge is 0.335 e. The number of urea groups is 1. The maximum atomic E-state index is 11.7. The molecule has 1 saturated carbocycles. The Morgan fingerprint density at radius 2 is 1.65 bits per heavy atom. The molecule has 1 fully saturated rings. The molecule has 0 unspecified atom stereocenters. The van der Waals surface area contributed by atoms with E-state index in [-0.39, 0.29) is 11.6 Å². The van der Waals surface area contributed by atoms with Crippen molar-refractivity contribution < 1.29 is 4.79 Å². The molecular weight excluding hydrogens is 214 g/mol. The van der Waals surface area contributed by atoms with Crippen LogP contribution in [0.2, 0.25) is 0 Å². The third-order valence-electron chi connectivity index (χ3n) is 3.04. The quantitative estimate of drug-likeness (QED) is 0.708. The van der Waals surface area contributed by atoms with Crippen LogP contribution in [0.1, 0.15) is 53.4 Å². The maximum Gasteiger partial charge on any atom is 0.315 e. The molecule has 1 rings (SSSR count). The normalized spacial score (nSPS) is 25.4. The van der Waals surface area contributed by atoms with Crippen molar-refractivity contribution in [3.05, 3.63) is 0 Å². The fraction of sp³-hybridized carbons (Fsp3) is 0.923. The van der Waals surface area contributed by atoms with Crippen LogP contribution >= 0.6 is 0 Å². The number of carbonyl (C=O) groups is 1. The predicted octanol–water partition coefficient (Wildman–Crippen LogP) is 2.00. The molecule has 4 nitrogen and oxygen atoms in total. The third-order valence-corrected chi connectivity index (χ3v) is 3.04. The minimum absolute atomic E-state index is 0.0376. The van der Waals surface area contributed by atoms with E-state index >= 15 is 0 Å². The van der Waals surface area contributed by atoms with Crippen molar-refractivity contribution in [2.24, 2.45) is 0 Å². The summed E-state index contributed by atoms with van der Waals surface area (Å²) in [5.41, 5.74) is -0.162. The molecule has 0 aromatic rings. The number of hydrogen-bond donors (Lipinski definition) is 3. The van der Waals surface area contributed by atoms with Crippen molar-refractivity contribution in [1.82, 2.24) is 16.0 Å². The van der Waals surface area contributed by atoms with Crippen molar-refractivity contribution >= 4 is 6.03 Å². The Bertz CT molecular complexity index is 240. The molecule has 0 spiro atoms. The average molecular weight is 241 g/mol. The van der Waals surface area contributed by atoms with Gasteiger partial charge in [-0.05, 0) is 53.0 Å². The van der Waals surface area contributed by atoms with Gasteiger partial charge >= 0.3 is 6.03 Å². The van der Waals surface area contributed by atoms with E-state index in [0.717, 1.165) is 32.2 Å². The van der Waals surface area contributed by atoms with E-state index in [4.69, 9.17) is 0 Å². The van der Waals surface area contributed by atoms with Gasteiger partial charge in [-0.2, -0.15) is 0 Å². The summed E-state index contributed by atoms with van der Waals surface area (Å²) in [6.45, 7) is 9.16. The number of amides is 2. The fourth-order valence-corrected chi connectivity index (χ4v) is 2.29. The second kappa shape index (κ2) is 6.24. The van der Waals surface area contributed by atoms with Gasteiger partial charge in [0.1, 0.15) is 0 Å². The van der Waals surface area contributed by atoms with Gasteiger partial charge in [0, 0.05) is 17.6 Å². The highest BCUT2D eigenvalue weighted by Gasteiger charge is 2.22. The SMILES string of the molecule is CCNC1CCC(NC(=O)NC(C)(C)C)CC1. The summed E-state index contributed by atoms with van der Waals surface area (Å²) in [7, 11) is 0. The molecule has 100 valence electrons. The molecule has 0 aromatic heterocycles. The lowest BCUT2D eigenvalue weighted by Crippen LogP contribution is -2.51. The zero-order chi connectivity index (χ0) is 12.9. The van der Waals surface area contributed by atoms with Crippen LogP contribution in [-0.4, -0.2) is 30.2 Å². The highest BCUT2D eigenvalue weighted by atomic mass is 16.2. The van der Waals surface area contributed by atoms with Gasteiger partial charge in [-0.25, -0.2) is 4.79 Å². The van der Waals surface area contributed by atoms with Gasteiger partial charge in [-0.3, -0.25) is 0 Å². The molecule has 2 amide bonds. The maximum absolute atomic E-state index is 11.7. The summed E-state index contributed by atoms with van der Waals surface area (Å²) in [4.78, 5) is 11.7. The molecule has 1 aliphatic carbocycles. The van der Waals surface area contributed by atoms with Gasteiger partial charge < -0.3 is 16.0 Å². The van der Waals surface area contributed by atoms with E-state index in [1.807, 2.05) is 20.8 Å². The lowest BCUT2D eigenvalue weighted by Gasteiger charge is -2.30. The van der Waals surface area contributed by atoms with Gasteiger partial charge in [-0.1, -0.05) is 6.92 Å². The van der Waals surface area contributed by atoms with E-state index in [0.29, 0.717) is 12.1 Å². The van der Waals surface area contributed by atoms with Crippen LogP contribution in [0.15, 0.2) is 0 Å². The van der Waals surface area contributed by atoms with Gasteiger partial charge in [-0.15, -0.1) is 0 Å². The first kappa shape index (κ1) is 14.3. The monoisotopic (exact) mass is 241 g/mol. The van der Waals surface area contributed by atoms with Crippen molar-refractivity contribution in [1.29, 1.82) is 0 Å². The first-order chi connectivity index (χ1) is 7.90. The molecule has 0 aromatic carbocycles. The summed E-state index contributed by atoms with van der Waals surface area (Å²) >= 11 is 0. The molecule has 1 aliphatic rings. The lowest BCUT2D eigenvalue weighted by molar-refractivity contribution is 0.221. The molecule has 0 saturated heterocycles. The van der Waals surface area contributed by atoms with Gasteiger partial charge in [0.05, 0.1) is 0 Å².